The largest absolute Gasteiger partial charge is 0.302 e. The number of hydrogen-bond acceptors (Lipinski definition) is 3. The first-order valence-corrected chi connectivity index (χ1v) is 5.43. The molecule has 66 valence electrons. The highest BCUT2D eigenvalue weighted by Gasteiger charge is 2.27. The molecular formula is C6H12FNO2S. The normalized spacial score (nSPS) is 28.2. The van der Waals surface area contributed by atoms with Crippen LogP contribution in [0, 0.1) is 5.92 Å². The fourth-order valence-corrected chi connectivity index (χ4v) is 2.75. The highest BCUT2D eigenvalue weighted by Crippen LogP contribution is 2.21. The van der Waals surface area contributed by atoms with E-state index in [4.69, 9.17) is 5.73 Å². The zero-order valence-electron chi connectivity index (χ0n) is 6.16. The lowest BCUT2D eigenvalue weighted by Crippen LogP contribution is -2.33. The molecule has 1 aliphatic heterocycles. The zero-order chi connectivity index (χ0) is 8.48. The highest BCUT2D eigenvalue weighted by atomic mass is 32.2. The van der Waals surface area contributed by atoms with Crippen LogP contribution in [0.4, 0.5) is 4.39 Å². The van der Waals surface area contributed by atoms with Gasteiger partial charge in [0.2, 0.25) is 0 Å². The minimum Gasteiger partial charge on any atom is -0.302 e. The van der Waals surface area contributed by atoms with Crippen molar-refractivity contribution < 1.29 is 12.8 Å². The van der Waals surface area contributed by atoms with Gasteiger partial charge in [0.15, 0.2) is 6.30 Å². The van der Waals surface area contributed by atoms with Gasteiger partial charge in [-0.3, -0.25) is 0 Å². The first kappa shape index (κ1) is 8.93. The molecule has 1 fully saturated rings. The number of nitrogens with two attached hydrogens (primary N) is 1. The molecule has 11 heavy (non-hydrogen) atoms. The summed E-state index contributed by atoms with van der Waals surface area (Å²) in [6, 6.07) is 0. The Morgan fingerprint density at radius 3 is 2.18 bits per heavy atom. The molecule has 1 unspecified atom stereocenters. The molecule has 0 radical (unpaired) electrons. The Balaban J connectivity index is 2.49. The molecule has 0 saturated carbocycles. The van der Waals surface area contributed by atoms with Gasteiger partial charge >= 0.3 is 0 Å². The van der Waals surface area contributed by atoms with Crippen LogP contribution in [0.15, 0.2) is 0 Å². The molecule has 1 saturated heterocycles. The lowest BCUT2D eigenvalue weighted by atomic mass is 10.0. The Bertz CT molecular complexity index is 211. The summed E-state index contributed by atoms with van der Waals surface area (Å²) < 4.78 is 34.1. The molecule has 0 aromatic heterocycles. The van der Waals surface area contributed by atoms with Crippen LogP contribution in [0.3, 0.4) is 0 Å². The Morgan fingerprint density at radius 2 is 1.82 bits per heavy atom. The third-order valence-corrected chi connectivity index (χ3v) is 3.77. The molecule has 1 aliphatic rings. The molecule has 1 atom stereocenters. The van der Waals surface area contributed by atoms with Gasteiger partial charge in [-0.05, 0) is 12.8 Å². The van der Waals surface area contributed by atoms with Crippen LogP contribution in [0.25, 0.3) is 0 Å². The first-order chi connectivity index (χ1) is 5.01. The second-order valence-electron chi connectivity index (χ2n) is 2.93. The van der Waals surface area contributed by atoms with E-state index < -0.39 is 16.1 Å². The van der Waals surface area contributed by atoms with E-state index in [1.807, 2.05) is 0 Å². The molecule has 0 aromatic rings. The summed E-state index contributed by atoms with van der Waals surface area (Å²) in [4.78, 5) is 0. The summed E-state index contributed by atoms with van der Waals surface area (Å²) >= 11 is 0. The average molecular weight is 181 g/mol. The minimum atomic E-state index is -2.87. The van der Waals surface area contributed by atoms with E-state index in [1.54, 1.807) is 0 Å². The fourth-order valence-electron chi connectivity index (χ4n) is 1.23. The van der Waals surface area contributed by atoms with Gasteiger partial charge in [-0.25, -0.2) is 12.8 Å². The summed E-state index contributed by atoms with van der Waals surface area (Å²) in [7, 11) is -2.87. The van der Waals surface area contributed by atoms with Crippen molar-refractivity contribution in [3.05, 3.63) is 0 Å². The smallest absolute Gasteiger partial charge is 0.151 e. The number of rotatable bonds is 1. The third-order valence-electron chi connectivity index (χ3n) is 2.05. The fraction of sp³-hybridized carbons (Fsp3) is 1.00. The molecule has 0 amide bonds. The van der Waals surface area contributed by atoms with Gasteiger partial charge in [0.1, 0.15) is 9.84 Å². The molecule has 0 aromatic carbocycles. The second-order valence-corrected chi connectivity index (χ2v) is 5.24. The molecule has 0 bridgehead atoms. The van der Waals surface area contributed by atoms with Crippen molar-refractivity contribution in [2.45, 2.75) is 19.1 Å². The summed E-state index contributed by atoms with van der Waals surface area (Å²) in [5.74, 6) is -0.0663. The molecule has 0 spiro atoms. The van der Waals surface area contributed by atoms with Crippen LogP contribution >= 0.6 is 0 Å². The number of sulfone groups is 1. The second kappa shape index (κ2) is 3.06. The molecule has 3 nitrogen and oxygen atoms in total. The van der Waals surface area contributed by atoms with E-state index in [9.17, 15) is 12.8 Å². The summed E-state index contributed by atoms with van der Waals surface area (Å²) in [6.45, 7) is 0. The van der Waals surface area contributed by atoms with Crippen LogP contribution in [-0.4, -0.2) is 26.2 Å². The van der Waals surface area contributed by atoms with Crippen molar-refractivity contribution in [2.75, 3.05) is 11.5 Å². The summed E-state index contributed by atoms with van der Waals surface area (Å²) in [5, 5.41) is 0. The molecule has 5 heteroatoms. The molecule has 1 rings (SSSR count). The minimum absolute atomic E-state index is 0.0925. The van der Waals surface area contributed by atoms with Gasteiger partial charge in [-0.1, -0.05) is 0 Å². The maximum atomic E-state index is 12.4. The van der Waals surface area contributed by atoms with Crippen LogP contribution in [0.1, 0.15) is 12.8 Å². The monoisotopic (exact) mass is 181 g/mol. The molecular weight excluding hydrogens is 169 g/mol. The maximum absolute atomic E-state index is 12.4. The van der Waals surface area contributed by atoms with E-state index in [2.05, 4.69) is 0 Å². The van der Waals surface area contributed by atoms with Crippen molar-refractivity contribution in [1.82, 2.24) is 0 Å². The molecule has 0 aliphatic carbocycles. The summed E-state index contributed by atoms with van der Waals surface area (Å²) in [5.41, 5.74) is 4.99. The Kier molecular flexibility index (Phi) is 2.49. The zero-order valence-corrected chi connectivity index (χ0v) is 6.98. The maximum Gasteiger partial charge on any atom is 0.151 e. The molecule has 1 heterocycles. The van der Waals surface area contributed by atoms with Crippen molar-refractivity contribution in [1.29, 1.82) is 0 Å². The number of halogens is 1. The van der Waals surface area contributed by atoms with Gasteiger partial charge in [0, 0.05) is 5.92 Å². The summed E-state index contributed by atoms with van der Waals surface area (Å²) in [6.07, 6.45) is -0.606. The quantitative estimate of drug-likeness (QED) is 0.582. The van der Waals surface area contributed by atoms with Gasteiger partial charge in [0.05, 0.1) is 11.5 Å². The first-order valence-electron chi connectivity index (χ1n) is 3.61. The van der Waals surface area contributed by atoms with E-state index in [-0.39, 0.29) is 17.4 Å². The van der Waals surface area contributed by atoms with Crippen LogP contribution in [-0.2, 0) is 9.84 Å². The van der Waals surface area contributed by atoms with Gasteiger partial charge < -0.3 is 5.73 Å². The van der Waals surface area contributed by atoms with Gasteiger partial charge in [-0.2, -0.15) is 0 Å². The van der Waals surface area contributed by atoms with Crippen molar-refractivity contribution in [3.8, 4) is 0 Å². The van der Waals surface area contributed by atoms with E-state index in [0.717, 1.165) is 0 Å². The predicted octanol–water partition coefficient (Wildman–Crippen LogP) is 0.0655. The lowest BCUT2D eigenvalue weighted by molar-refractivity contribution is 0.221. The van der Waals surface area contributed by atoms with Crippen molar-refractivity contribution in [2.24, 2.45) is 11.7 Å². The lowest BCUT2D eigenvalue weighted by Gasteiger charge is -2.22. The number of hydrogen-bond donors (Lipinski definition) is 1. The van der Waals surface area contributed by atoms with Crippen LogP contribution in [0.2, 0.25) is 0 Å². The third kappa shape index (κ3) is 2.41. The average Bonchev–Trinajstić information content (AvgIpc) is 1.86. The predicted molar refractivity (Wildman–Crippen MR) is 40.5 cm³/mol. The molecule has 2 N–H and O–H groups in total. The van der Waals surface area contributed by atoms with Crippen molar-refractivity contribution in [3.63, 3.8) is 0 Å². The highest BCUT2D eigenvalue weighted by molar-refractivity contribution is 7.91. The van der Waals surface area contributed by atoms with E-state index in [1.165, 1.54) is 0 Å². The number of alkyl halides is 1. The van der Waals surface area contributed by atoms with Crippen LogP contribution < -0.4 is 5.73 Å². The topological polar surface area (TPSA) is 60.2 Å². The Labute approximate surface area is 65.7 Å². The Hall–Kier alpha value is -0.160. The van der Waals surface area contributed by atoms with Gasteiger partial charge in [-0.15, -0.1) is 0 Å². The van der Waals surface area contributed by atoms with E-state index >= 15 is 0 Å². The van der Waals surface area contributed by atoms with Crippen LogP contribution in [0.5, 0.6) is 0 Å². The SMILES string of the molecule is NC(F)C1CCS(=O)(=O)CC1. The van der Waals surface area contributed by atoms with E-state index in [0.29, 0.717) is 12.8 Å². The van der Waals surface area contributed by atoms with Crippen molar-refractivity contribution >= 4 is 9.84 Å². The van der Waals surface area contributed by atoms with Gasteiger partial charge in [0.25, 0.3) is 0 Å². The standard InChI is InChI=1S/C6H12FNO2S/c7-6(8)5-1-3-11(9,10)4-2-5/h5-6H,1-4,8H2. The Morgan fingerprint density at radius 1 is 1.36 bits per heavy atom.